The fraction of sp³-hybridized carbons (Fsp3) is 0.333. The summed E-state index contributed by atoms with van der Waals surface area (Å²) in [4.78, 5) is 0. The highest BCUT2D eigenvalue weighted by Crippen LogP contribution is 2.37. The van der Waals surface area contributed by atoms with Crippen molar-refractivity contribution in [3.8, 4) is 5.75 Å². The highest BCUT2D eigenvalue weighted by atomic mass is 79.9. The van der Waals surface area contributed by atoms with E-state index in [1.165, 1.54) is 16.7 Å². The minimum atomic E-state index is -0.0913. The van der Waals surface area contributed by atoms with E-state index in [0.29, 0.717) is 0 Å². The number of hydrogen-bond acceptors (Lipinski definition) is 2. The van der Waals surface area contributed by atoms with E-state index in [2.05, 4.69) is 78.4 Å². The third-order valence-corrected chi connectivity index (χ3v) is 4.32. The molecule has 2 aromatic rings. The maximum Gasteiger partial charge on any atom is 0.128 e. The molecule has 0 unspecified atom stereocenters. The zero-order valence-electron chi connectivity index (χ0n) is 12.7. The molecule has 0 aliphatic carbocycles. The van der Waals surface area contributed by atoms with Crippen molar-refractivity contribution in [1.82, 2.24) is 0 Å². The van der Waals surface area contributed by atoms with Crippen molar-refractivity contribution in [1.29, 1.82) is 0 Å². The maximum atomic E-state index is 6.12. The first-order chi connectivity index (χ1) is 9.94. The molecule has 0 atom stereocenters. The molecule has 3 rings (SSSR count). The molecular formula is C18H20BrNO. The molecule has 2 nitrogen and oxygen atoms in total. The van der Waals surface area contributed by atoms with E-state index in [0.717, 1.165) is 28.9 Å². The van der Waals surface area contributed by atoms with Gasteiger partial charge in [0.2, 0.25) is 0 Å². The van der Waals surface area contributed by atoms with Gasteiger partial charge in [0, 0.05) is 28.7 Å². The average Bonchev–Trinajstić information content (AvgIpc) is 2.72. The summed E-state index contributed by atoms with van der Waals surface area (Å²) in [5.41, 5.74) is 4.84. The second kappa shape index (κ2) is 5.38. The van der Waals surface area contributed by atoms with Crippen LogP contribution in [0.3, 0.4) is 0 Å². The number of nitrogens with one attached hydrogen (secondary N) is 1. The van der Waals surface area contributed by atoms with Crippen LogP contribution in [0.15, 0.2) is 40.9 Å². The quantitative estimate of drug-likeness (QED) is 0.837. The third-order valence-electron chi connectivity index (χ3n) is 3.83. The number of ether oxygens (including phenoxy) is 1. The Hall–Kier alpha value is -1.48. The Morgan fingerprint density at radius 3 is 2.81 bits per heavy atom. The number of halogens is 1. The lowest BCUT2D eigenvalue weighted by molar-refractivity contribution is 0.137. The van der Waals surface area contributed by atoms with Crippen molar-refractivity contribution in [2.75, 3.05) is 5.32 Å². The molecule has 0 aromatic heterocycles. The average molecular weight is 346 g/mol. The molecule has 2 aromatic carbocycles. The highest BCUT2D eigenvalue weighted by molar-refractivity contribution is 9.10. The smallest absolute Gasteiger partial charge is 0.128 e. The van der Waals surface area contributed by atoms with Gasteiger partial charge >= 0.3 is 0 Å². The summed E-state index contributed by atoms with van der Waals surface area (Å²) in [6.45, 7) is 7.18. The Kier molecular flexibility index (Phi) is 3.70. The van der Waals surface area contributed by atoms with Crippen LogP contribution in [0.2, 0.25) is 0 Å². The minimum absolute atomic E-state index is 0.0913. The molecule has 1 aliphatic heterocycles. The SMILES string of the molecule is Cc1cc(Br)ccc1NCc1cccc2c1OC(C)(C)C2. The van der Waals surface area contributed by atoms with E-state index in [4.69, 9.17) is 4.74 Å². The topological polar surface area (TPSA) is 21.3 Å². The van der Waals surface area contributed by atoms with Crippen LogP contribution in [0, 0.1) is 6.92 Å². The van der Waals surface area contributed by atoms with Gasteiger partial charge in [-0.05, 0) is 50.1 Å². The summed E-state index contributed by atoms with van der Waals surface area (Å²) in [6, 6.07) is 12.7. The van der Waals surface area contributed by atoms with Gasteiger partial charge in [-0.15, -0.1) is 0 Å². The predicted octanol–water partition coefficient (Wildman–Crippen LogP) is 5.08. The summed E-state index contributed by atoms with van der Waals surface area (Å²) in [5, 5.41) is 3.51. The number of anilines is 1. The molecule has 21 heavy (non-hydrogen) atoms. The summed E-state index contributed by atoms with van der Waals surface area (Å²) >= 11 is 3.50. The van der Waals surface area contributed by atoms with Crippen LogP contribution in [0.25, 0.3) is 0 Å². The van der Waals surface area contributed by atoms with Crippen LogP contribution in [0.5, 0.6) is 5.75 Å². The van der Waals surface area contributed by atoms with Crippen molar-refractivity contribution in [3.63, 3.8) is 0 Å². The lowest BCUT2D eigenvalue weighted by atomic mass is 10.0. The summed E-state index contributed by atoms with van der Waals surface area (Å²) in [6.07, 6.45) is 0.980. The number of para-hydroxylation sites is 1. The zero-order chi connectivity index (χ0) is 15.0. The Morgan fingerprint density at radius 1 is 1.24 bits per heavy atom. The van der Waals surface area contributed by atoms with E-state index in [-0.39, 0.29) is 5.60 Å². The minimum Gasteiger partial charge on any atom is -0.487 e. The summed E-state index contributed by atoms with van der Waals surface area (Å²) < 4.78 is 7.22. The summed E-state index contributed by atoms with van der Waals surface area (Å²) in [5.74, 6) is 1.06. The van der Waals surface area contributed by atoms with Crippen LogP contribution >= 0.6 is 15.9 Å². The van der Waals surface area contributed by atoms with E-state index in [9.17, 15) is 0 Å². The number of hydrogen-bond donors (Lipinski definition) is 1. The fourth-order valence-corrected chi connectivity index (χ4v) is 3.31. The van der Waals surface area contributed by atoms with E-state index >= 15 is 0 Å². The first-order valence-electron chi connectivity index (χ1n) is 7.24. The van der Waals surface area contributed by atoms with Crippen LogP contribution in [0.1, 0.15) is 30.5 Å². The van der Waals surface area contributed by atoms with Crippen molar-refractivity contribution >= 4 is 21.6 Å². The van der Waals surface area contributed by atoms with Gasteiger partial charge in [0.1, 0.15) is 11.4 Å². The molecule has 0 spiro atoms. The van der Waals surface area contributed by atoms with Crippen molar-refractivity contribution in [3.05, 3.63) is 57.6 Å². The van der Waals surface area contributed by atoms with E-state index in [1.807, 2.05) is 0 Å². The van der Waals surface area contributed by atoms with E-state index in [1.54, 1.807) is 0 Å². The molecule has 1 heterocycles. The molecule has 0 saturated carbocycles. The lowest BCUT2D eigenvalue weighted by Gasteiger charge is -2.18. The van der Waals surface area contributed by atoms with Gasteiger partial charge in [-0.2, -0.15) is 0 Å². The van der Waals surface area contributed by atoms with Gasteiger partial charge < -0.3 is 10.1 Å². The Balaban J connectivity index is 1.80. The molecule has 1 aliphatic rings. The van der Waals surface area contributed by atoms with Gasteiger partial charge in [0.15, 0.2) is 0 Å². The first-order valence-corrected chi connectivity index (χ1v) is 8.04. The van der Waals surface area contributed by atoms with Crippen molar-refractivity contribution in [2.45, 2.75) is 39.3 Å². The normalized spacial score (nSPS) is 15.4. The van der Waals surface area contributed by atoms with Gasteiger partial charge in [-0.1, -0.05) is 34.1 Å². The molecule has 0 amide bonds. The first kappa shape index (κ1) is 14.5. The molecule has 1 N–H and O–H groups in total. The Labute approximate surface area is 134 Å². The van der Waals surface area contributed by atoms with E-state index < -0.39 is 0 Å². The van der Waals surface area contributed by atoms with Crippen LogP contribution in [-0.2, 0) is 13.0 Å². The van der Waals surface area contributed by atoms with Crippen LogP contribution in [0.4, 0.5) is 5.69 Å². The highest BCUT2D eigenvalue weighted by Gasteiger charge is 2.31. The molecule has 0 saturated heterocycles. The third kappa shape index (κ3) is 3.08. The van der Waals surface area contributed by atoms with Crippen molar-refractivity contribution < 1.29 is 4.74 Å². The standard InChI is InChI=1S/C18H20BrNO/c1-12-9-15(19)7-8-16(12)20-11-14-6-4-5-13-10-18(2,3)21-17(13)14/h4-9,20H,10-11H2,1-3H3. The monoisotopic (exact) mass is 345 g/mol. The maximum absolute atomic E-state index is 6.12. The fourth-order valence-electron chi connectivity index (χ4n) is 2.83. The van der Waals surface area contributed by atoms with Crippen LogP contribution in [-0.4, -0.2) is 5.60 Å². The molecule has 3 heteroatoms. The van der Waals surface area contributed by atoms with Gasteiger partial charge in [-0.25, -0.2) is 0 Å². The Morgan fingerprint density at radius 2 is 2.05 bits per heavy atom. The molecule has 0 fully saturated rings. The second-order valence-electron chi connectivity index (χ2n) is 6.26. The second-order valence-corrected chi connectivity index (χ2v) is 7.17. The summed E-state index contributed by atoms with van der Waals surface area (Å²) in [7, 11) is 0. The predicted molar refractivity (Wildman–Crippen MR) is 91.1 cm³/mol. The number of aryl methyl sites for hydroxylation is 1. The molecule has 110 valence electrons. The number of rotatable bonds is 3. The van der Waals surface area contributed by atoms with Gasteiger partial charge in [0.05, 0.1) is 0 Å². The lowest BCUT2D eigenvalue weighted by Crippen LogP contribution is -2.25. The Bertz CT molecular complexity index is 679. The van der Waals surface area contributed by atoms with Gasteiger partial charge in [-0.3, -0.25) is 0 Å². The molecule has 0 bridgehead atoms. The number of benzene rings is 2. The number of fused-ring (bicyclic) bond motifs is 1. The molecule has 0 radical (unpaired) electrons. The van der Waals surface area contributed by atoms with Crippen LogP contribution < -0.4 is 10.1 Å². The zero-order valence-corrected chi connectivity index (χ0v) is 14.3. The van der Waals surface area contributed by atoms with Gasteiger partial charge in [0.25, 0.3) is 0 Å². The van der Waals surface area contributed by atoms with Crippen molar-refractivity contribution in [2.24, 2.45) is 0 Å². The largest absolute Gasteiger partial charge is 0.487 e. The molecular weight excluding hydrogens is 326 g/mol.